The molecule has 1 fully saturated rings. The molecule has 116 valence electrons. The summed E-state index contributed by atoms with van der Waals surface area (Å²) in [6.07, 6.45) is 2.50. The molecule has 1 aromatic rings. The number of rotatable bonds is 8. The fourth-order valence-electron chi connectivity index (χ4n) is 1.85. The molecule has 0 unspecified atom stereocenters. The van der Waals surface area contributed by atoms with Crippen LogP contribution in [0, 0.1) is 0 Å². The SMILES string of the molecule is CCNC(=NCc1ccc(OCCOC)cc1)NC1CC1. The van der Waals surface area contributed by atoms with Crippen molar-refractivity contribution in [1.29, 1.82) is 0 Å². The van der Waals surface area contributed by atoms with E-state index in [-0.39, 0.29) is 0 Å². The molecule has 0 saturated heterocycles. The summed E-state index contributed by atoms with van der Waals surface area (Å²) in [5, 5.41) is 6.68. The summed E-state index contributed by atoms with van der Waals surface area (Å²) in [7, 11) is 1.67. The van der Waals surface area contributed by atoms with Gasteiger partial charge in [0.2, 0.25) is 0 Å². The zero-order chi connectivity index (χ0) is 14.9. The Hall–Kier alpha value is -1.75. The van der Waals surface area contributed by atoms with Gasteiger partial charge in [0.15, 0.2) is 5.96 Å². The van der Waals surface area contributed by atoms with Gasteiger partial charge in [0.1, 0.15) is 12.4 Å². The van der Waals surface area contributed by atoms with Crippen LogP contribution < -0.4 is 15.4 Å². The van der Waals surface area contributed by atoms with Gasteiger partial charge in [0.25, 0.3) is 0 Å². The zero-order valence-electron chi connectivity index (χ0n) is 12.9. The van der Waals surface area contributed by atoms with Gasteiger partial charge < -0.3 is 20.1 Å². The van der Waals surface area contributed by atoms with Gasteiger partial charge in [-0.3, -0.25) is 0 Å². The first-order chi connectivity index (χ1) is 10.3. The van der Waals surface area contributed by atoms with Crippen molar-refractivity contribution in [3.63, 3.8) is 0 Å². The van der Waals surface area contributed by atoms with Crippen molar-refractivity contribution in [3.05, 3.63) is 29.8 Å². The van der Waals surface area contributed by atoms with E-state index in [1.807, 2.05) is 24.3 Å². The van der Waals surface area contributed by atoms with Crippen LogP contribution in [0.25, 0.3) is 0 Å². The van der Waals surface area contributed by atoms with Crippen molar-refractivity contribution >= 4 is 5.96 Å². The van der Waals surface area contributed by atoms with Crippen LogP contribution in [0.15, 0.2) is 29.3 Å². The molecular weight excluding hydrogens is 266 g/mol. The molecule has 0 bridgehead atoms. The normalized spacial score (nSPS) is 14.9. The average Bonchev–Trinajstić information content (AvgIpc) is 3.31. The van der Waals surface area contributed by atoms with E-state index in [1.54, 1.807) is 7.11 Å². The average molecular weight is 291 g/mol. The van der Waals surface area contributed by atoms with Gasteiger partial charge in [-0.15, -0.1) is 0 Å². The monoisotopic (exact) mass is 291 g/mol. The number of hydrogen-bond donors (Lipinski definition) is 2. The summed E-state index contributed by atoms with van der Waals surface area (Å²) >= 11 is 0. The number of nitrogens with zero attached hydrogens (tertiary/aromatic N) is 1. The number of hydrogen-bond acceptors (Lipinski definition) is 3. The Balaban J connectivity index is 1.82. The van der Waals surface area contributed by atoms with Crippen LogP contribution in [0.1, 0.15) is 25.3 Å². The van der Waals surface area contributed by atoms with Crippen molar-refractivity contribution in [2.45, 2.75) is 32.4 Å². The first kappa shape index (κ1) is 15.6. The van der Waals surface area contributed by atoms with Crippen molar-refractivity contribution in [2.75, 3.05) is 26.9 Å². The summed E-state index contributed by atoms with van der Waals surface area (Å²) < 4.78 is 10.5. The Morgan fingerprint density at radius 3 is 2.62 bits per heavy atom. The molecule has 1 aliphatic carbocycles. The van der Waals surface area contributed by atoms with Crippen LogP contribution in [0.5, 0.6) is 5.75 Å². The van der Waals surface area contributed by atoms with E-state index in [0.717, 1.165) is 18.3 Å². The van der Waals surface area contributed by atoms with Gasteiger partial charge in [0.05, 0.1) is 13.2 Å². The third-order valence-corrected chi connectivity index (χ3v) is 3.16. The lowest BCUT2D eigenvalue weighted by Gasteiger charge is -2.10. The van der Waals surface area contributed by atoms with Gasteiger partial charge in [-0.25, -0.2) is 4.99 Å². The van der Waals surface area contributed by atoms with Crippen LogP contribution in [-0.4, -0.2) is 38.9 Å². The molecule has 0 atom stereocenters. The second-order valence-corrected chi connectivity index (χ2v) is 5.10. The molecule has 2 N–H and O–H groups in total. The summed E-state index contributed by atoms with van der Waals surface area (Å²) in [6.45, 7) is 4.80. The molecule has 5 heteroatoms. The fourth-order valence-corrected chi connectivity index (χ4v) is 1.85. The van der Waals surface area contributed by atoms with E-state index in [0.29, 0.717) is 25.8 Å². The highest BCUT2D eigenvalue weighted by Gasteiger charge is 2.21. The number of ether oxygens (including phenoxy) is 2. The third kappa shape index (κ3) is 6.04. The maximum absolute atomic E-state index is 5.54. The minimum atomic E-state index is 0.573. The number of nitrogens with one attached hydrogen (secondary N) is 2. The Bertz CT molecular complexity index is 441. The molecule has 0 radical (unpaired) electrons. The van der Waals surface area contributed by atoms with E-state index in [4.69, 9.17) is 9.47 Å². The van der Waals surface area contributed by atoms with Crippen LogP contribution in [-0.2, 0) is 11.3 Å². The largest absolute Gasteiger partial charge is 0.491 e. The predicted molar refractivity (Wildman–Crippen MR) is 84.8 cm³/mol. The molecule has 0 aromatic heterocycles. The smallest absolute Gasteiger partial charge is 0.191 e. The second-order valence-electron chi connectivity index (χ2n) is 5.10. The van der Waals surface area contributed by atoms with Gasteiger partial charge in [-0.05, 0) is 37.5 Å². The first-order valence-corrected chi connectivity index (χ1v) is 7.57. The minimum Gasteiger partial charge on any atom is -0.491 e. The number of methoxy groups -OCH3 is 1. The molecule has 1 aromatic carbocycles. The van der Waals surface area contributed by atoms with Gasteiger partial charge in [-0.1, -0.05) is 12.1 Å². The van der Waals surface area contributed by atoms with E-state index in [9.17, 15) is 0 Å². The number of benzene rings is 1. The molecule has 2 rings (SSSR count). The fraction of sp³-hybridized carbons (Fsp3) is 0.562. The van der Waals surface area contributed by atoms with E-state index >= 15 is 0 Å². The van der Waals surface area contributed by atoms with Crippen molar-refractivity contribution in [2.24, 2.45) is 4.99 Å². The van der Waals surface area contributed by atoms with Gasteiger partial charge in [-0.2, -0.15) is 0 Å². The molecular formula is C16H25N3O2. The van der Waals surface area contributed by atoms with Gasteiger partial charge >= 0.3 is 0 Å². The molecule has 5 nitrogen and oxygen atoms in total. The Morgan fingerprint density at radius 2 is 2.00 bits per heavy atom. The van der Waals surface area contributed by atoms with E-state index < -0.39 is 0 Å². The summed E-state index contributed by atoms with van der Waals surface area (Å²) in [5.41, 5.74) is 1.17. The van der Waals surface area contributed by atoms with Crippen LogP contribution in [0.2, 0.25) is 0 Å². The topological polar surface area (TPSA) is 54.9 Å². The van der Waals surface area contributed by atoms with Crippen molar-refractivity contribution in [1.82, 2.24) is 10.6 Å². The maximum Gasteiger partial charge on any atom is 0.191 e. The molecule has 0 amide bonds. The van der Waals surface area contributed by atoms with Crippen molar-refractivity contribution < 1.29 is 9.47 Å². The van der Waals surface area contributed by atoms with E-state index in [2.05, 4.69) is 22.5 Å². The van der Waals surface area contributed by atoms with Gasteiger partial charge in [0, 0.05) is 19.7 Å². The highest BCUT2D eigenvalue weighted by atomic mass is 16.5. The lowest BCUT2D eigenvalue weighted by Crippen LogP contribution is -2.38. The molecule has 0 aliphatic heterocycles. The second kappa shape index (κ2) is 8.52. The number of aliphatic imine (C=N–C) groups is 1. The molecule has 0 heterocycles. The quantitative estimate of drug-likeness (QED) is 0.436. The third-order valence-electron chi connectivity index (χ3n) is 3.16. The summed E-state index contributed by atoms with van der Waals surface area (Å²) in [4.78, 5) is 4.60. The zero-order valence-corrected chi connectivity index (χ0v) is 12.9. The highest BCUT2D eigenvalue weighted by molar-refractivity contribution is 5.80. The van der Waals surface area contributed by atoms with Crippen LogP contribution >= 0.6 is 0 Å². The van der Waals surface area contributed by atoms with E-state index in [1.165, 1.54) is 18.4 Å². The van der Waals surface area contributed by atoms with Crippen LogP contribution in [0.4, 0.5) is 0 Å². The molecule has 0 spiro atoms. The van der Waals surface area contributed by atoms with Crippen LogP contribution in [0.3, 0.4) is 0 Å². The minimum absolute atomic E-state index is 0.573. The standard InChI is InChI=1S/C16H25N3O2/c1-3-17-16(19-14-6-7-14)18-12-13-4-8-15(9-5-13)21-11-10-20-2/h4-5,8-9,14H,3,6-7,10-12H2,1-2H3,(H2,17,18,19). The molecule has 21 heavy (non-hydrogen) atoms. The lowest BCUT2D eigenvalue weighted by molar-refractivity contribution is 0.146. The Morgan fingerprint density at radius 1 is 1.24 bits per heavy atom. The number of guanidine groups is 1. The lowest BCUT2D eigenvalue weighted by atomic mass is 10.2. The molecule has 1 aliphatic rings. The summed E-state index contributed by atoms with van der Waals surface area (Å²) in [6, 6.07) is 8.65. The maximum atomic E-state index is 5.54. The first-order valence-electron chi connectivity index (χ1n) is 7.57. The molecule has 1 saturated carbocycles. The summed E-state index contributed by atoms with van der Waals surface area (Å²) in [5.74, 6) is 1.77. The predicted octanol–water partition coefficient (Wildman–Crippen LogP) is 1.93. The Labute approximate surface area is 126 Å². The highest BCUT2D eigenvalue weighted by Crippen LogP contribution is 2.18. The Kier molecular flexibility index (Phi) is 6.34. The van der Waals surface area contributed by atoms with Crippen molar-refractivity contribution in [3.8, 4) is 5.75 Å².